The first-order valence-electron chi connectivity index (χ1n) is 11.1. The van der Waals surface area contributed by atoms with Crippen molar-refractivity contribution >= 4 is 35.0 Å². The fourth-order valence-electron chi connectivity index (χ4n) is 4.31. The number of nitrogens with one attached hydrogen (secondary N) is 1. The minimum atomic E-state index is -1.22. The van der Waals surface area contributed by atoms with Gasteiger partial charge in [-0.1, -0.05) is 23.8 Å². The number of carbonyl (C=O) groups is 2. The highest BCUT2D eigenvalue weighted by Crippen LogP contribution is 2.43. The molecule has 2 aromatic heterocycles. The Morgan fingerprint density at radius 2 is 1.67 bits per heavy atom. The highest BCUT2D eigenvalue weighted by Gasteiger charge is 2.42. The molecule has 0 spiro atoms. The van der Waals surface area contributed by atoms with E-state index in [-0.39, 0.29) is 17.2 Å². The molecule has 0 bridgehead atoms. The molecular formula is C27H21N3O5S. The Morgan fingerprint density at radius 3 is 2.28 bits per heavy atom. The number of thiocarbonyl (C=S) groups is 1. The largest absolute Gasteiger partial charge is 0.478 e. The van der Waals surface area contributed by atoms with Crippen molar-refractivity contribution in [2.24, 2.45) is 0 Å². The molecule has 180 valence electrons. The molecule has 3 heterocycles. The van der Waals surface area contributed by atoms with Crippen molar-refractivity contribution in [3.63, 3.8) is 0 Å². The van der Waals surface area contributed by atoms with Crippen LogP contribution in [0.2, 0.25) is 0 Å². The molecule has 0 radical (unpaired) electrons. The average Bonchev–Trinajstić information content (AvgIpc) is 3.49. The van der Waals surface area contributed by atoms with Crippen LogP contribution in [0.5, 0.6) is 0 Å². The van der Waals surface area contributed by atoms with E-state index in [2.05, 4.69) is 10.3 Å². The fourth-order valence-corrected chi connectivity index (χ4v) is 4.66. The second-order valence-corrected chi connectivity index (χ2v) is 8.83. The third-order valence-corrected chi connectivity index (χ3v) is 6.35. The lowest BCUT2D eigenvalue weighted by Gasteiger charge is -2.26. The van der Waals surface area contributed by atoms with Crippen molar-refractivity contribution in [2.75, 3.05) is 4.90 Å². The summed E-state index contributed by atoms with van der Waals surface area (Å²) < 4.78 is 6.24. The van der Waals surface area contributed by atoms with Crippen LogP contribution in [0.1, 0.15) is 49.8 Å². The van der Waals surface area contributed by atoms with E-state index in [0.29, 0.717) is 22.2 Å². The van der Waals surface area contributed by atoms with Crippen molar-refractivity contribution < 1.29 is 24.2 Å². The number of carboxylic acid groups (broad SMARTS) is 2. The second kappa shape index (κ2) is 9.27. The Morgan fingerprint density at radius 1 is 0.972 bits per heavy atom. The first kappa shape index (κ1) is 23.3. The zero-order chi connectivity index (χ0) is 25.4. The quantitative estimate of drug-likeness (QED) is 0.307. The van der Waals surface area contributed by atoms with Crippen molar-refractivity contribution in [3.05, 3.63) is 107 Å². The maximum Gasteiger partial charge on any atom is 0.335 e. The maximum atomic E-state index is 11.6. The number of anilines is 1. The fraction of sp³-hybridized carbons (Fsp3) is 0.111. The third-order valence-electron chi connectivity index (χ3n) is 6.04. The number of carboxylic acids is 2. The average molecular weight is 500 g/mol. The van der Waals surface area contributed by atoms with E-state index in [4.69, 9.17) is 16.6 Å². The summed E-state index contributed by atoms with van der Waals surface area (Å²) >= 11 is 5.72. The molecule has 4 aromatic rings. The van der Waals surface area contributed by atoms with Crippen LogP contribution >= 0.6 is 12.2 Å². The SMILES string of the molecule is Cc1ccc(N2C(=S)N[C@@H](c3ccccn3)[C@@H]2c2ccc(-c3cc(C(=O)O)cc(C(=O)O)c3)o2)cc1. The first-order chi connectivity index (χ1) is 17.3. The van der Waals surface area contributed by atoms with E-state index >= 15 is 0 Å². The van der Waals surface area contributed by atoms with Crippen molar-refractivity contribution in [2.45, 2.75) is 19.0 Å². The molecule has 1 aliphatic rings. The van der Waals surface area contributed by atoms with Crippen LogP contribution in [0, 0.1) is 6.92 Å². The van der Waals surface area contributed by atoms with Gasteiger partial charge in [0.25, 0.3) is 0 Å². The monoisotopic (exact) mass is 499 g/mol. The van der Waals surface area contributed by atoms with Gasteiger partial charge >= 0.3 is 11.9 Å². The zero-order valence-electron chi connectivity index (χ0n) is 19.1. The molecule has 0 aliphatic carbocycles. The summed E-state index contributed by atoms with van der Waals surface area (Å²) in [6, 6.07) is 20.3. The lowest BCUT2D eigenvalue weighted by molar-refractivity contribution is 0.0696. The molecule has 8 nitrogen and oxygen atoms in total. The molecule has 36 heavy (non-hydrogen) atoms. The Bertz CT molecular complexity index is 1430. The summed E-state index contributed by atoms with van der Waals surface area (Å²) in [5.41, 5.74) is 2.84. The summed E-state index contributed by atoms with van der Waals surface area (Å²) in [5, 5.41) is 22.8. The number of rotatable bonds is 6. The summed E-state index contributed by atoms with van der Waals surface area (Å²) in [6.45, 7) is 2.01. The van der Waals surface area contributed by atoms with E-state index < -0.39 is 18.0 Å². The number of aryl methyl sites for hydroxylation is 1. The molecule has 1 fully saturated rings. The lowest BCUT2D eigenvalue weighted by Crippen LogP contribution is -2.29. The van der Waals surface area contributed by atoms with Gasteiger partial charge in [0, 0.05) is 17.4 Å². The van der Waals surface area contributed by atoms with Gasteiger partial charge < -0.3 is 24.8 Å². The van der Waals surface area contributed by atoms with Crippen LogP contribution in [0.15, 0.2) is 83.4 Å². The molecule has 0 amide bonds. The summed E-state index contributed by atoms with van der Waals surface area (Å²) in [5.74, 6) is -1.54. The van der Waals surface area contributed by atoms with Gasteiger partial charge in [-0.2, -0.15) is 0 Å². The van der Waals surface area contributed by atoms with E-state index in [9.17, 15) is 19.8 Å². The maximum absolute atomic E-state index is 11.6. The summed E-state index contributed by atoms with van der Waals surface area (Å²) in [6.07, 6.45) is 1.71. The van der Waals surface area contributed by atoms with Gasteiger partial charge in [0.1, 0.15) is 17.6 Å². The van der Waals surface area contributed by atoms with Crippen LogP contribution in [-0.2, 0) is 0 Å². The second-order valence-electron chi connectivity index (χ2n) is 8.44. The number of hydrogen-bond acceptors (Lipinski definition) is 5. The zero-order valence-corrected chi connectivity index (χ0v) is 19.9. The summed E-state index contributed by atoms with van der Waals surface area (Å²) in [4.78, 5) is 29.6. The van der Waals surface area contributed by atoms with Crippen LogP contribution < -0.4 is 10.2 Å². The van der Waals surface area contributed by atoms with Crippen molar-refractivity contribution in [3.8, 4) is 11.3 Å². The minimum Gasteiger partial charge on any atom is -0.478 e. The number of aromatic carboxylic acids is 2. The highest BCUT2D eigenvalue weighted by molar-refractivity contribution is 7.80. The highest BCUT2D eigenvalue weighted by atomic mass is 32.1. The van der Waals surface area contributed by atoms with Crippen LogP contribution in [0.4, 0.5) is 5.69 Å². The number of hydrogen-bond donors (Lipinski definition) is 3. The van der Waals surface area contributed by atoms with E-state index in [1.165, 1.54) is 12.1 Å². The predicted octanol–water partition coefficient (Wildman–Crippen LogP) is 5.22. The predicted molar refractivity (Wildman–Crippen MR) is 137 cm³/mol. The van der Waals surface area contributed by atoms with Crippen molar-refractivity contribution in [1.29, 1.82) is 0 Å². The Kier molecular flexibility index (Phi) is 5.99. The van der Waals surface area contributed by atoms with Gasteiger partial charge in [0.2, 0.25) is 0 Å². The summed E-state index contributed by atoms with van der Waals surface area (Å²) in [7, 11) is 0. The lowest BCUT2D eigenvalue weighted by atomic mass is 10.0. The van der Waals surface area contributed by atoms with Gasteiger partial charge in [-0.25, -0.2) is 9.59 Å². The smallest absolute Gasteiger partial charge is 0.335 e. The third kappa shape index (κ3) is 4.32. The molecule has 3 N–H and O–H groups in total. The van der Waals surface area contributed by atoms with Crippen LogP contribution in [0.25, 0.3) is 11.3 Å². The normalized spacial score (nSPS) is 17.1. The molecule has 0 unspecified atom stereocenters. The molecule has 1 aliphatic heterocycles. The molecule has 0 saturated carbocycles. The van der Waals surface area contributed by atoms with Crippen LogP contribution in [-0.4, -0.2) is 32.2 Å². The standard InChI is InChI=1S/C27H21N3O5S/c1-15-5-7-19(8-6-15)30-24(23(29-27(30)36)20-4-2-3-11-28-20)22-10-9-21(35-22)16-12-17(25(31)32)14-18(13-16)26(33)34/h2-14,23-24H,1H3,(H,29,36)(H,31,32)(H,33,34)/t23-,24-/m0/s1. The van der Waals surface area contributed by atoms with Crippen molar-refractivity contribution in [1.82, 2.24) is 10.3 Å². The number of aromatic nitrogens is 1. The van der Waals surface area contributed by atoms with Gasteiger partial charge in [0.15, 0.2) is 5.11 Å². The van der Waals surface area contributed by atoms with Gasteiger partial charge in [0.05, 0.1) is 22.9 Å². The first-order valence-corrected chi connectivity index (χ1v) is 11.5. The molecule has 9 heteroatoms. The van der Waals surface area contributed by atoms with Gasteiger partial charge in [-0.15, -0.1) is 0 Å². The minimum absolute atomic E-state index is 0.140. The Hall–Kier alpha value is -4.50. The molecule has 1 saturated heterocycles. The van der Waals surface area contributed by atoms with E-state index in [1.807, 2.05) is 54.3 Å². The Labute approximate surface area is 211 Å². The van der Waals surface area contributed by atoms with Gasteiger partial charge in [-0.05, 0) is 73.7 Å². The van der Waals surface area contributed by atoms with E-state index in [1.54, 1.807) is 18.3 Å². The topological polar surface area (TPSA) is 116 Å². The number of benzene rings is 2. The molecule has 5 rings (SSSR count). The van der Waals surface area contributed by atoms with Crippen LogP contribution in [0.3, 0.4) is 0 Å². The van der Waals surface area contributed by atoms with E-state index in [0.717, 1.165) is 23.0 Å². The Balaban J connectivity index is 1.61. The molecule has 2 atom stereocenters. The van der Waals surface area contributed by atoms with Gasteiger partial charge in [-0.3, -0.25) is 4.98 Å². The number of pyridine rings is 1. The molecular weight excluding hydrogens is 478 g/mol. The number of nitrogens with zero attached hydrogens (tertiary/aromatic N) is 2. The number of furan rings is 1. The molecule has 2 aromatic carbocycles.